The van der Waals surface area contributed by atoms with Gasteiger partial charge in [-0.05, 0) is 26.8 Å². The number of hydrogen-bond donors (Lipinski definition) is 0. The van der Waals surface area contributed by atoms with Crippen molar-refractivity contribution in [3.63, 3.8) is 0 Å². The molecule has 0 aliphatic rings. The summed E-state index contributed by atoms with van der Waals surface area (Å²) in [5.74, 6) is 0.0780. The van der Waals surface area contributed by atoms with E-state index in [1.807, 2.05) is 26.8 Å². The number of likely N-dealkylation sites (N-methyl/N-ethyl adjacent to an activating group) is 1. The maximum absolute atomic E-state index is 12.1. The second-order valence-electron chi connectivity index (χ2n) is 3.97. The molecular weight excluding hydrogens is 202 g/mol. The van der Waals surface area contributed by atoms with Gasteiger partial charge < -0.3 is 4.90 Å². The third-order valence-electron chi connectivity index (χ3n) is 2.43. The smallest absolute Gasteiger partial charge is 0.247 e. The normalized spacial score (nSPS) is 12.2. The van der Waals surface area contributed by atoms with Crippen molar-refractivity contribution in [2.24, 2.45) is 0 Å². The minimum absolute atomic E-state index is 0.0780. The number of nitrogens with zero attached hydrogens (tertiary/aromatic N) is 3. The lowest BCUT2D eigenvalue weighted by atomic mass is 10.2. The largest absolute Gasteiger partial charge is 0.337 e. The van der Waals surface area contributed by atoms with Crippen LogP contribution in [-0.2, 0) is 4.79 Å². The van der Waals surface area contributed by atoms with E-state index in [2.05, 4.69) is 11.7 Å². The van der Waals surface area contributed by atoms with Gasteiger partial charge in [-0.25, -0.2) is 0 Å². The molecule has 16 heavy (non-hydrogen) atoms. The molecule has 1 heterocycles. The zero-order chi connectivity index (χ0) is 12.1. The third-order valence-corrected chi connectivity index (χ3v) is 2.43. The van der Waals surface area contributed by atoms with E-state index in [0.717, 1.165) is 5.57 Å². The molecule has 1 aromatic heterocycles. The van der Waals surface area contributed by atoms with Crippen LogP contribution in [0.15, 0.2) is 30.6 Å². The molecule has 1 amide bonds. The Kier molecular flexibility index (Phi) is 4.28. The van der Waals surface area contributed by atoms with E-state index < -0.39 is 0 Å². The SMILES string of the molecule is C=C(C)CN(CC)C(=O)[C@@H](C)n1cccn1. The molecule has 0 aromatic carbocycles. The van der Waals surface area contributed by atoms with Crippen LogP contribution in [0.25, 0.3) is 0 Å². The van der Waals surface area contributed by atoms with Gasteiger partial charge in [-0.15, -0.1) is 0 Å². The standard InChI is InChI=1S/C12H19N3O/c1-5-14(9-10(2)3)12(16)11(4)15-8-6-7-13-15/h6-8,11H,2,5,9H2,1,3-4H3/t11-/m1/s1. The number of aromatic nitrogens is 2. The van der Waals surface area contributed by atoms with Gasteiger partial charge in [0.1, 0.15) is 6.04 Å². The zero-order valence-corrected chi connectivity index (χ0v) is 10.2. The van der Waals surface area contributed by atoms with Crippen molar-refractivity contribution < 1.29 is 4.79 Å². The number of carbonyl (C=O) groups is 1. The number of amides is 1. The number of carbonyl (C=O) groups excluding carboxylic acids is 1. The fourth-order valence-corrected chi connectivity index (χ4v) is 1.56. The van der Waals surface area contributed by atoms with Crippen LogP contribution >= 0.6 is 0 Å². The van der Waals surface area contributed by atoms with Crippen LogP contribution in [0.2, 0.25) is 0 Å². The van der Waals surface area contributed by atoms with Crippen molar-refractivity contribution in [2.75, 3.05) is 13.1 Å². The van der Waals surface area contributed by atoms with E-state index in [9.17, 15) is 4.79 Å². The fourth-order valence-electron chi connectivity index (χ4n) is 1.56. The van der Waals surface area contributed by atoms with Gasteiger partial charge in [0.15, 0.2) is 0 Å². The molecule has 0 saturated carbocycles. The summed E-state index contributed by atoms with van der Waals surface area (Å²) in [6.07, 6.45) is 3.48. The van der Waals surface area contributed by atoms with Crippen LogP contribution in [0.4, 0.5) is 0 Å². The van der Waals surface area contributed by atoms with Crippen LogP contribution in [0, 0.1) is 0 Å². The topological polar surface area (TPSA) is 38.1 Å². The number of rotatable bonds is 5. The molecule has 0 bridgehead atoms. The third kappa shape index (κ3) is 2.95. The first-order valence-electron chi connectivity index (χ1n) is 5.48. The Labute approximate surface area is 96.6 Å². The lowest BCUT2D eigenvalue weighted by molar-refractivity contribution is -0.133. The Morgan fingerprint density at radius 3 is 2.75 bits per heavy atom. The summed E-state index contributed by atoms with van der Waals surface area (Å²) in [6, 6.07) is 1.56. The summed E-state index contributed by atoms with van der Waals surface area (Å²) in [5, 5.41) is 4.08. The Morgan fingerprint density at radius 1 is 1.62 bits per heavy atom. The molecule has 1 atom stereocenters. The molecular formula is C12H19N3O. The molecule has 1 rings (SSSR count). The summed E-state index contributed by atoms with van der Waals surface area (Å²) in [7, 11) is 0. The van der Waals surface area contributed by atoms with Crippen LogP contribution in [0.3, 0.4) is 0 Å². The number of hydrogen-bond acceptors (Lipinski definition) is 2. The molecule has 0 fully saturated rings. The van der Waals surface area contributed by atoms with Crippen molar-refractivity contribution in [1.29, 1.82) is 0 Å². The van der Waals surface area contributed by atoms with E-state index in [0.29, 0.717) is 13.1 Å². The molecule has 0 aliphatic heterocycles. The first-order valence-corrected chi connectivity index (χ1v) is 5.48. The predicted molar refractivity (Wildman–Crippen MR) is 64.0 cm³/mol. The maximum Gasteiger partial charge on any atom is 0.247 e. The van der Waals surface area contributed by atoms with Crippen molar-refractivity contribution >= 4 is 5.91 Å². The van der Waals surface area contributed by atoms with Crippen LogP contribution < -0.4 is 0 Å². The Hall–Kier alpha value is -1.58. The predicted octanol–water partition coefficient (Wildman–Crippen LogP) is 1.87. The molecule has 4 nitrogen and oxygen atoms in total. The van der Waals surface area contributed by atoms with Gasteiger partial charge in [0.25, 0.3) is 0 Å². The summed E-state index contributed by atoms with van der Waals surface area (Å²) in [6.45, 7) is 10.9. The highest BCUT2D eigenvalue weighted by molar-refractivity contribution is 5.80. The van der Waals surface area contributed by atoms with Gasteiger partial charge in [-0.1, -0.05) is 12.2 Å². The highest BCUT2D eigenvalue weighted by atomic mass is 16.2. The highest BCUT2D eigenvalue weighted by Gasteiger charge is 2.20. The molecule has 0 radical (unpaired) electrons. The van der Waals surface area contributed by atoms with E-state index in [1.54, 1.807) is 22.0 Å². The summed E-state index contributed by atoms with van der Waals surface area (Å²) >= 11 is 0. The molecule has 88 valence electrons. The fraction of sp³-hybridized carbons (Fsp3) is 0.500. The van der Waals surface area contributed by atoms with E-state index in [1.165, 1.54) is 0 Å². The van der Waals surface area contributed by atoms with E-state index >= 15 is 0 Å². The molecule has 1 aromatic rings. The zero-order valence-electron chi connectivity index (χ0n) is 10.2. The van der Waals surface area contributed by atoms with Gasteiger partial charge in [-0.3, -0.25) is 9.48 Å². The highest BCUT2D eigenvalue weighted by Crippen LogP contribution is 2.09. The summed E-state index contributed by atoms with van der Waals surface area (Å²) in [4.78, 5) is 13.9. The second kappa shape index (κ2) is 5.49. The lowest BCUT2D eigenvalue weighted by Crippen LogP contribution is -2.37. The molecule has 4 heteroatoms. The molecule has 0 unspecified atom stereocenters. The first-order chi connectivity index (χ1) is 7.56. The second-order valence-corrected chi connectivity index (χ2v) is 3.97. The maximum atomic E-state index is 12.1. The molecule has 0 spiro atoms. The monoisotopic (exact) mass is 221 g/mol. The Balaban J connectivity index is 2.71. The van der Waals surface area contributed by atoms with Crippen LogP contribution in [-0.4, -0.2) is 33.7 Å². The average molecular weight is 221 g/mol. The van der Waals surface area contributed by atoms with Gasteiger partial charge >= 0.3 is 0 Å². The van der Waals surface area contributed by atoms with E-state index in [-0.39, 0.29) is 11.9 Å². The van der Waals surface area contributed by atoms with E-state index in [4.69, 9.17) is 0 Å². The Bertz CT molecular complexity index is 356. The quantitative estimate of drug-likeness (QED) is 0.712. The van der Waals surface area contributed by atoms with Gasteiger partial charge in [-0.2, -0.15) is 5.10 Å². The van der Waals surface area contributed by atoms with Crippen molar-refractivity contribution in [1.82, 2.24) is 14.7 Å². The van der Waals surface area contributed by atoms with Gasteiger partial charge in [0, 0.05) is 25.5 Å². The Morgan fingerprint density at radius 2 is 2.31 bits per heavy atom. The summed E-state index contributed by atoms with van der Waals surface area (Å²) < 4.78 is 1.67. The van der Waals surface area contributed by atoms with Crippen molar-refractivity contribution in [3.8, 4) is 0 Å². The first kappa shape index (κ1) is 12.5. The van der Waals surface area contributed by atoms with Crippen molar-refractivity contribution in [2.45, 2.75) is 26.8 Å². The van der Waals surface area contributed by atoms with Gasteiger partial charge in [0.2, 0.25) is 5.91 Å². The van der Waals surface area contributed by atoms with Gasteiger partial charge in [0.05, 0.1) is 0 Å². The van der Waals surface area contributed by atoms with Crippen LogP contribution in [0.5, 0.6) is 0 Å². The van der Waals surface area contributed by atoms with Crippen molar-refractivity contribution in [3.05, 3.63) is 30.6 Å². The minimum atomic E-state index is -0.255. The van der Waals surface area contributed by atoms with Crippen LogP contribution in [0.1, 0.15) is 26.8 Å². The average Bonchev–Trinajstić information content (AvgIpc) is 2.76. The summed E-state index contributed by atoms with van der Waals surface area (Å²) in [5.41, 5.74) is 0.989. The minimum Gasteiger partial charge on any atom is -0.337 e. The molecule has 0 saturated heterocycles. The molecule has 0 aliphatic carbocycles. The molecule has 0 N–H and O–H groups in total. The lowest BCUT2D eigenvalue weighted by Gasteiger charge is -2.24.